The van der Waals surface area contributed by atoms with E-state index in [-0.39, 0.29) is 11.8 Å². The van der Waals surface area contributed by atoms with Gasteiger partial charge in [-0.2, -0.15) is 0 Å². The normalized spacial score (nSPS) is 10.0. The number of nitrogens with zero attached hydrogens (tertiary/aromatic N) is 1. The van der Waals surface area contributed by atoms with Crippen molar-refractivity contribution in [1.29, 1.82) is 0 Å². The summed E-state index contributed by atoms with van der Waals surface area (Å²) in [5.41, 5.74) is 0.680. The van der Waals surface area contributed by atoms with Crippen LogP contribution in [0.1, 0.15) is 26.7 Å². The summed E-state index contributed by atoms with van der Waals surface area (Å²) < 4.78 is 5.50. The number of hydrogen-bond acceptors (Lipinski definition) is 4. The molecule has 102 valence electrons. The number of nitro benzene ring substituents is 1. The highest BCUT2D eigenvalue weighted by Gasteiger charge is 2.11. The zero-order chi connectivity index (χ0) is 14.3. The first-order chi connectivity index (χ1) is 9.02. The lowest BCUT2D eigenvalue weighted by atomic mass is 10.2. The van der Waals surface area contributed by atoms with Crippen molar-refractivity contribution >= 4 is 11.4 Å². The molecule has 0 unspecified atom stereocenters. The van der Waals surface area contributed by atoms with Gasteiger partial charge in [0.1, 0.15) is 5.75 Å². The summed E-state index contributed by atoms with van der Waals surface area (Å²) in [5, 5.41) is 14.0. The van der Waals surface area contributed by atoms with Crippen molar-refractivity contribution < 1.29 is 9.66 Å². The van der Waals surface area contributed by atoms with Gasteiger partial charge in [-0.05, 0) is 20.3 Å². The van der Waals surface area contributed by atoms with Crippen molar-refractivity contribution in [2.75, 3.05) is 11.9 Å². The third kappa shape index (κ3) is 5.30. The van der Waals surface area contributed by atoms with Crippen molar-refractivity contribution in [2.45, 2.75) is 32.8 Å². The summed E-state index contributed by atoms with van der Waals surface area (Å²) in [6.07, 6.45) is 6.63. The number of rotatable bonds is 7. The molecule has 0 aliphatic carbocycles. The minimum absolute atomic E-state index is 0.0117. The smallest absolute Gasteiger partial charge is 0.275 e. The van der Waals surface area contributed by atoms with Gasteiger partial charge in [0.25, 0.3) is 5.69 Å². The molecular formula is C14H18N2O3. The largest absolute Gasteiger partial charge is 0.491 e. The highest BCUT2D eigenvalue weighted by atomic mass is 16.6. The first-order valence-electron chi connectivity index (χ1n) is 6.16. The second kappa shape index (κ2) is 7.27. The van der Waals surface area contributed by atoms with Crippen LogP contribution in [0, 0.1) is 22.5 Å². The molecule has 19 heavy (non-hydrogen) atoms. The minimum Gasteiger partial charge on any atom is -0.491 e. The lowest BCUT2D eigenvalue weighted by molar-refractivity contribution is -0.384. The number of nitro groups is 1. The van der Waals surface area contributed by atoms with E-state index in [0.717, 1.165) is 6.42 Å². The molecular weight excluding hydrogens is 244 g/mol. The molecule has 1 aromatic rings. The number of benzene rings is 1. The van der Waals surface area contributed by atoms with Gasteiger partial charge in [-0.15, -0.1) is 12.3 Å². The molecule has 0 aliphatic rings. The van der Waals surface area contributed by atoms with Gasteiger partial charge in [-0.25, -0.2) is 0 Å². The number of unbranched alkanes of at least 4 members (excludes halogenated alkanes) is 1. The van der Waals surface area contributed by atoms with Crippen LogP contribution in [-0.4, -0.2) is 17.6 Å². The Kier molecular flexibility index (Phi) is 5.68. The van der Waals surface area contributed by atoms with Gasteiger partial charge in [0, 0.05) is 30.8 Å². The van der Waals surface area contributed by atoms with Crippen LogP contribution < -0.4 is 10.1 Å². The molecule has 5 nitrogen and oxygen atoms in total. The van der Waals surface area contributed by atoms with Crippen LogP contribution in [0.3, 0.4) is 0 Å². The fourth-order valence-corrected chi connectivity index (χ4v) is 1.55. The maximum atomic E-state index is 10.9. The summed E-state index contributed by atoms with van der Waals surface area (Å²) in [6.45, 7) is 4.42. The molecule has 0 spiro atoms. The SMILES string of the molecule is C#CCCCNc1cc(OC(C)C)cc([N+](=O)[O-])c1. The first-order valence-corrected chi connectivity index (χ1v) is 6.16. The molecule has 0 radical (unpaired) electrons. The number of anilines is 1. The van der Waals surface area contributed by atoms with E-state index in [0.29, 0.717) is 24.4 Å². The lowest BCUT2D eigenvalue weighted by Crippen LogP contribution is -2.07. The molecule has 0 saturated carbocycles. The molecule has 0 heterocycles. The van der Waals surface area contributed by atoms with Crippen LogP contribution >= 0.6 is 0 Å². The summed E-state index contributed by atoms with van der Waals surface area (Å²) in [7, 11) is 0. The number of nitrogens with one attached hydrogen (secondary N) is 1. The Morgan fingerprint density at radius 3 is 2.79 bits per heavy atom. The van der Waals surface area contributed by atoms with Gasteiger partial charge in [-0.1, -0.05) is 0 Å². The molecule has 1 rings (SSSR count). The summed E-state index contributed by atoms with van der Waals surface area (Å²) >= 11 is 0. The fourth-order valence-electron chi connectivity index (χ4n) is 1.55. The Labute approximate surface area is 113 Å². The highest BCUT2D eigenvalue weighted by molar-refractivity contribution is 5.56. The maximum absolute atomic E-state index is 10.9. The molecule has 0 saturated heterocycles. The fraction of sp³-hybridized carbons (Fsp3) is 0.429. The average molecular weight is 262 g/mol. The molecule has 0 atom stereocenters. The van der Waals surface area contributed by atoms with Gasteiger partial charge in [0.05, 0.1) is 17.1 Å². The van der Waals surface area contributed by atoms with E-state index >= 15 is 0 Å². The van der Waals surface area contributed by atoms with E-state index < -0.39 is 4.92 Å². The summed E-state index contributed by atoms with van der Waals surface area (Å²) in [4.78, 5) is 10.4. The quantitative estimate of drug-likeness (QED) is 0.354. The Hall–Kier alpha value is -2.22. The van der Waals surface area contributed by atoms with Crippen molar-refractivity contribution in [3.63, 3.8) is 0 Å². The zero-order valence-electron chi connectivity index (χ0n) is 11.2. The van der Waals surface area contributed by atoms with E-state index in [4.69, 9.17) is 11.2 Å². The molecule has 0 aliphatic heterocycles. The molecule has 0 amide bonds. The molecule has 5 heteroatoms. The Bertz CT molecular complexity index is 478. The summed E-state index contributed by atoms with van der Waals surface area (Å²) in [6, 6.07) is 4.67. The first kappa shape index (κ1) is 14.8. The van der Waals surface area contributed by atoms with Crippen LogP contribution in [0.15, 0.2) is 18.2 Å². The number of non-ortho nitro benzene ring substituents is 1. The third-order valence-corrected chi connectivity index (χ3v) is 2.30. The molecule has 0 bridgehead atoms. The van der Waals surface area contributed by atoms with Gasteiger partial charge in [0.2, 0.25) is 0 Å². The van der Waals surface area contributed by atoms with Crippen LogP contribution in [0.5, 0.6) is 5.75 Å². The Morgan fingerprint density at radius 1 is 1.47 bits per heavy atom. The standard InChI is InChI=1S/C14H18N2O3/c1-4-5-6-7-15-12-8-13(16(17)18)10-14(9-12)19-11(2)3/h1,8-11,15H,5-7H2,2-3H3. The molecule has 0 aromatic heterocycles. The van der Waals surface area contributed by atoms with Gasteiger partial charge in [0.15, 0.2) is 0 Å². The predicted octanol–water partition coefficient (Wildman–Crippen LogP) is 3.21. The number of hydrogen-bond donors (Lipinski definition) is 1. The van der Waals surface area contributed by atoms with Gasteiger partial charge >= 0.3 is 0 Å². The highest BCUT2D eigenvalue weighted by Crippen LogP contribution is 2.26. The van der Waals surface area contributed by atoms with Crippen LogP contribution in [-0.2, 0) is 0 Å². The second-order valence-corrected chi connectivity index (χ2v) is 4.37. The molecule has 0 fully saturated rings. The van der Waals surface area contributed by atoms with E-state index in [1.807, 2.05) is 13.8 Å². The number of ether oxygens (including phenoxy) is 1. The molecule has 1 N–H and O–H groups in total. The maximum Gasteiger partial charge on any atom is 0.275 e. The van der Waals surface area contributed by atoms with Crippen LogP contribution in [0.2, 0.25) is 0 Å². The van der Waals surface area contributed by atoms with Crippen molar-refractivity contribution in [2.24, 2.45) is 0 Å². The van der Waals surface area contributed by atoms with E-state index in [1.165, 1.54) is 12.1 Å². The third-order valence-electron chi connectivity index (χ3n) is 2.30. The van der Waals surface area contributed by atoms with E-state index in [1.54, 1.807) is 6.07 Å². The lowest BCUT2D eigenvalue weighted by Gasteiger charge is -2.12. The number of terminal acetylenes is 1. The monoisotopic (exact) mass is 262 g/mol. The van der Waals surface area contributed by atoms with Crippen LogP contribution in [0.4, 0.5) is 11.4 Å². The van der Waals surface area contributed by atoms with Crippen molar-refractivity contribution in [3.8, 4) is 18.1 Å². The van der Waals surface area contributed by atoms with E-state index in [9.17, 15) is 10.1 Å². The predicted molar refractivity (Wildman–Crippen MR) is 75.4 cm³/mol. The second-order valence-electron chi connectivity index (χ2n) is 4.37. The molecule has 1 aromatic carbocycles. The zero-order valence-corrected chi connectivity index (χ0v) is 11.2. The summed E-state index contributed by atoms with van der Waals surface area (Å²) in [5.74, 6) is 3.04. The van der Waals surface area contributed by atoms with E-state index in [2.05, 4.69) is 11.2 Å². The van der Waals surface area contributed by atoms with Crippen molar-refractivity contribution in [3.05, 3.63) is 28.3 Å². The van der Waals surface area contributed by atoms with Crippen LogP contribution in [0.25, 0.3) is 0 Å². The van der Waals surface area contributed by atoms with Gasteiger partial charge in [-0.3, -0.25) is 10.1 Å². The Balaban J connectivity index is 2.81. The van der Waals surface area contributed by atoms with Gasteiger partial charge < -0.3 is 10.1 Å². The average Bonchev–Trinajstić information content (AvgIpc) is 2.33. The van der Waals surface area contributed by atoms with Crippen molar-refractivity contribution in [1.82, 2.24) is 0 Å². The Morgan fingerprint density at radius 2 is 2.21 bits per heavy atom. The minimum atomic E-state index is -0.431. The topological polar surface area (TPSA) is 64.4 Å².